The molecule has 4 aromatic rings. The summed E-state index contributed by atoms with van der Waals surface area (Å²) in [6, 6.07) is 17.9. The normalized spacial score (nSPS) is 20.6. The number of aryl methyl sites for hydroxylation is 2. The minimum absolute atomic E-state index is 0.0260. The molecule has 3 atom stereocenters. The third-order valence-corrected chi connectivity index (χ3v) is 8.06. The molecule has 2 aromatic heterocycles. The first-order valence-electron chi connectivity index (χ1n) is 12.0. The lowest BCUT2D eigenvalue weighted by atomic mass is 10.1. The van der Waals surface area contributed by atoms with Gasteiger partial charge in [0, 0.05) is 24.2 Å². The van der Waals surface area contributed by atoms with E-state index >= 15 is 0 Å². The number of carbonyl (C=O) groups excluding carboxylic acids is 2. The molecule has 0 bridgehead atoms. The van der Waals surface area contributed by atoms with Crippen molar-refractivity contribution in [3.05, 3.63) is 82.6 Å². The highest BCUT2D eigenvalue weighted by atomic mass is 32.1. The molecular formula is C28H26N4O2S. The zero-order valence-electron chi connectivity index (χ0n) is 19.7. The fraction of sp³-hybridized carbons (Fsp3) is 0.286. The van der Waals surface area contributed by atoms with E-state index in [1.807, 2.05) is 48.2 Å². The Labute approximate surface area is 208 Å². The number of piperidine rings is 1. The lowest BCUT2D eigenvalue weighted by molar-refractivity contribution is 0.0684. The third kappa shape index (κ3) is 4.00. The minimum atomic E-state index is -0.160. The molecule has 1 saturated heterocycles. The summed E-state index contributed by atoms with van der Waals surface area (Å²) in [4.78, 5) is 38.9. The highest BCUT2D eigenvalue weighted by Crippen LogP contribution is 2.48. The number of fused-ring (bicyclic) bond motifs is 2. The van der Waals surface area contributed by atoms with Crippen LogP contribution in [0.4, 0.5) is 0 Å². The summed E-state index contributed by atoms with van der Waals surface area (Å²) in [6.07, 6.45) is 3.64. The monoisotopic (exact) mass is 482 g/mol. The summed E-state index contributed by atoms with van der Waals surface area (Å²) >= 11 is 1.56. The average molecular weight is 483 g/mol. The van der Waals surface area contributed by atoms with Crippen LogP contribution in [0.25, 0.3) is 21.3 Å². The molecule has 1 N–H and O–H groups in total. The first-order valence-corrected chi connectivity index (χ1v) is 12.8. The molecule has 0 spiro atoms. The van der Waals surface area contributed by atoms with Gasteiger partial charge in [0.1, 0.15) is 5.69 Å². The van der Waals surface area contributed by atoms with Gasteiger partial charge in [0.05, 0.1) is 27.0 Å². The zero-order chi connectivity index (χ0) is 24.1. The predicted octanol–water partition coefficient (Wildman–Crippen LogP) is 5.01. The minimum Gasteiger partial charge on any atom is -0.350 e. The van der Waals surface area contributed by atoms with Crippen molar-refractivity contribution in [2.24, 2.45) is 5.92 Å². The molecule has 2 unspecified atom stereocenters. The summed E-state index contributed by atoms with van der Waals surface area (Å²) in [5, 5.41) is 4.89. The molecule has 176 valence electrons. The largest absolute Gasteiger partial charge is 0.350 e. The van der Waals surface area contributed by atoms with Crippen LogP contribution in [-0.4, -0.2) is 45.3 Å². The number of nitrogens with zero attached hydrogens (tertiary/aromatic N) is 3. The van der Waals surface area contributed by atoms with Crippen LogP contribution in [0, 0.1) is 19.8 Å². The van der Waals surface area contributed by atoms with Crippen LogP contribution in [0.2, 0.25) is 0 Å². The van der Waals surface area contributed by atoms with E-state index in [0.717, 1.165) is 39.2 Å². The molecule has 2 aliphatic rings. The highest BCUT2D eigenvalue weighted by Gasteiger charge is 2.54. The molecule has 6 rings (SSSR count). The van der Waals surface area contributed by atoms with E-state index in [-0.39, 0.29) is 23.9 Å². The van der Waals surface area contributed by atoms with Crippen LogP contribution in [0.15, 0.2) is 60.8 Å². The molecule has 3 heterocycles. The van der Waals surface area contributed by atoms with Gasteiger partial charge in [-0.15, -0.1) is 11.3 Å². The molecule has 1 aliphatic carbocycles. The van der Waals surface area contributed by atoms with E-state index < -0.39 is 0 Å². The van der Waals surface area contributed by atoms with Gasteiger partial charge in [0.25, 0.3) is 11.8 Å². The number of aromatic nitrogens is 2. The highest BCUT2D eigenvalue weighted by molar-refractivity contribution is 7.15. The van der Waals surface area contributed by atoms with Gasteiger partial charge in [-0.05, 0) is 50.3 Å². The van der Waals surface area contributed by atoms with E-state index in [9.17, 15) is 9.59 Å². The first-order chi connectivity index (χ1) is 17.0. The Morgan fingerprint density at radius 1 is 1.09 bits per heavy atom. The Balaban J connectivity index is 1.23. The van der Waals surface area contributed by atoms with Gasteiger partial charge in [0.15, 0.2) is 0 Å². The van der Waals surface area contributed by atoms with Crippen molar-refractivity contribution >= 4 is 34.1 Å². The number of pyridine rings is 1. The van der Waals surface area contributed by atoms with E-state index in [0.29, 0.717) is 29.2 Å². The molecule has 1 aliphatic heterocycles. The molecule has 2 fully saturated rings. The number of likely N-dealkylation sites (tertiary alicyclic amines) is 1. The second-order valence-electron chi connectivity index (χ2n) is 9.54. The number of rotatable bonds is 5. The van der Waals surface area contributed by atoms with Gasteiger partial charge in [-0.3, -0.25) is 14.6 Å². The lowest BCUT2D eigenvalue weighted by Crippen LogP contribution is -2.45. The van der Waals surface area contributed by atoms with Crippen molar-refractivity contribution in [2.75, 3.05) is 6.54 Å². The second kappa shape index (κ2) is 8.57. The number of hydrogen-bond donors (Lipinski definition) is 1. The number of carbonyl (C=O) groups is 2. The van der Waals surface area contributed by atoms with Crippen molar-refractivity contribution in [1.29, 1.82) is 0 Å². The second-order valence-corrected chi connectivity index (χ2v) is 10.7. The van der Waals surface area contributed by atoms with Crippen LogP contribution < -0.4 is 5.32 Å². The topological polar surface area (TPSA) is 75.2 Å². The van der Waals surface area contributed by atoms with E-state index in [4.69, 9.17) is 0 Å². The predicted molar refractivity (Wildman–Crippen MR) is 138 cm³/mol. The van der Waals surface area contributed by atoms with Gasteiger partial charge >= 0.3 is 0 Å². The smallest absolute Gasteiger partial charge is 0.274 e. The van der Waals surface area contributed by atoms with Gasteiger partial charge in [-0.1, -0.05) is 48.0 Å². The van der Waals surface area contributed by atoms with Gasteiger partial charge in [-0.25, -0.2) is 4.98 Å². The van der Waals surface area contributed by atoms with Crippen LogP contribution >= 0.6 is 11.3 Å². The summed E-state index contributed by atoms with van der Waals surface area (Å²) in [6.45, 7) is 4.42. The van der Waals surface area contributed by atoms with Crippen LogP contribution in [0.5, 0.6) is 0 Å². The van der Waals surface area contributed by atoms with Crippen LogP contribution in [0.1, 0.15) is 44.3 Å². The Morgan fingerprint density at radius 2 is 1.91 bits per heavy atom. The lowest BCUT2D eigenvalue weighted by Gasteiger charge is -2.27. The first kappa shape index (κ1) is 21.9. The number of amides is 2. The molecule has 2 amide bonds. The summed E-state index contributed by atoms with van der Waals surface area (Å²) in [5.74, 6) is 0.330. The number of nitrogens with one attached hydrogen (secondary N) is 1. The van der Waals surface area contributed by atoms with Gasteiger partial charge in [0.2, 0.25) is 0 Å². The quantitative estimate of drug-likeness (QED) is 0.434. The number of thiazole rings is 1. The van der Waals surface area contributed by atoms with Crippen LogP contribution in [0.3, 0.4) is 0 Å². The maximum Gasteiger partial charge on any atom is 0.274 e. The molecule has 6 nitrogen and oxygen atoms in total. The molecule has 2 aromatic carbocycles. The Hall–Kier alpha value is -3.58. The van der Waals surface area contributed by atoms with Crippen molar-refractivity contribution in [3.8, 4) is 10.4 Å². The van der Waals surface area contributed by atoms with Crippen molar-refractivity contribution in [3.63, 3.8) is 0 Å². The summed E-state index contributed by atoms with van der Waals surface area (Å²) < 4.78 is 0. The molecular weight excluding hydrogens is 456 g/mol. The van der Waals surface area contributed by atoms with Crippen molar-refractivity contribution in [1.82, 2.24) is 20.2 Å². The van der Waals surface area contributed by atoms with Gasteiger partial charge < -0.3 is 10.2 Å². The molecule has 7 heteroatoms. The molecule has 1 saturated carbocycles. The number of hydrogen-bond acceptors (Lipinski definition) is 5. The Kier molecular flexibility index (Phi) is 5.37. The molecule has 0 radical (unpaired) electrons. The fourth-order valence-electron chi connectivity index (χ4n) is 5.33. The fourth-order valence-corrected chi connectivity index (χ4v) is 6.23. The van der Waals surface area contributed by atoms with E-state index in [1.54, 1.807) is 23.6 Å². The van der Waals surface area contributed by atoms with Crippen molar-refractivity contribution < 1.29 is 9.59 Å². The average Bonchev–Trinajstić information content (AvgIpc) is 3.35. The Morgan fingerprint density at radius 3 is 2.77 bits per heavy atom. The van der Waals surface area contributed by atoms with E-state index in [2.05, 4.69) is 34.3 Å². The summed E-state index contributed by atoms with van der Waals surface area (Å²) in [5.41, 5.74) is 3.95. The third-order valence-electron chi connectivity index (χ3n) is 7.04. The SMILES string of the molecule is Cc1cccc(-c2sc(C)nc2C(=O)N2C3CC3C[C@H]2CNC(=O)c2cccc3cccnc23)c1. The number of benzene rings is 2. The maximum absolute atomic E-state index is 13.8. The molecule has 35 heavy (non-hydrogen) atoms. The summed E-state index contributed by atoms with van der Waals surface area (Å²) in [7, 11) is 0. The van der Waals surface area contributed by atoms with Crippen LogP contribution in [-0.2, 0) is 0 Å². The number of para-hydroxylation sites is 1. The maximum atomic E-state index is 13.8. The Bertz CT molecular complexity index is 1460. The van der Waals surface area contributed by atoms with E-state index in [1.165, 1.54) is 0 Å². The zero-order valence-corrected chi connectivity index (χ0v) is 20.5. The van der Waals surface area contributed by atoms with Crippen molar-refractivity contribution in [2.45, 2.75) is 38.8 Å². The standard InChI is InChI=1S/C28H26N4O2S/c1-16-6-3-8-19(12-16)26-25(31-17(2)35-26)28(34)32-21(13-20-14-23(20)32)15-30-27(33)22-10-4-7-18-9-5-11-29-24(18)22/h3-12,20-21,23H,13-15H2,1-2H3,(H,30,33)/t20?,21-,23?/m0/s1. The van der Waals surface area contributed by atoms with Gasteiger partial charge in [-0.2, -0.15) is 0 Å².